The highest BCUT2D eigenvalue weighted by molar-refractivity contribution is 6.24. The van der Waals surface area contributed by atoms with Crippen LogP contribution in [0, 0.1) is 22.0 Å². The van der Waals surface area contributed by atoms with Gasteiger partial charge in [-0.1, -0.05) is 24.3 Å². The second kappa shape index (κ2) is 7.01. The topological polar surface area (TPSA) is 110 Å². The number of Topliss-reactive ketones (excluding diaryl/α,β-unsaturated/α-hetero) is 1. The molecule has 0 aliphatic carbocycles. The van der Waals surface area contributed by atoms with Crippen molar-refractivity contribution in [2.24, 2.45) is 11.8 Å². The molecule has 162 valence electrons. The van der Waals surface area contributed by atoms with Crippen molar-refractivity contribution in [2.45, 2.75) is 19.0 Å². The first kappa shape index (κ1) is 19.9. The summed E-state index contributed by atoms with van der Waals surface area (Å²) in [6.45, 7) is 1.41. The van der Waals surface area contributed by atoms with Crippen LogP contribution in [-0.2, 0) is 14.4 Å². The summed E-state index contributed by atoms with van der Waals surface area (Å²) in [6.07, 6.45) is 3.65. The maximum Gasteiger partial charge on any atom is 0.271 e. The minimum atomic E-state index is -0.898. The van der Waals surface area contributed by atoms with Gasteiger partial charge in [0.05, 0.1) is 36.0 Å². The maximum atomic E-state index is 13.7. The molecule has 2 aromatic carbocycles. The Balaban J connectivity index is 1.66. The summed E-state index contributed by atoms with van der Waals surface area (Å²) >= 11 is 0. The van der Waals surface area contributed by atoms with E-state index in [2.05, 4.69) is 0 Å². The van der Waals surface area contributed by atoms with Gasteiger partial charge in [-0.2, -0.15) is 0 Å². The number of methoxy groups -OCH3 is 1. The molecule has 4 atom stereocenters. The molecule has 0 unspecified atom stereocenters. The van der Waals surface area contributed by atoms with Crippen LogP contribution in [0.25, 0.3) is 6.08 Å². The molecule has 0 spiro atoms. The number of anilines is 1. The Morgan fingerprint density at radius 3 is 2.50 bits per heavy atom. The zero-order chi connectivity index (χ0) is 22.7. The number of carbonyl (C=O) groups is 3. The number of hydrogen-bond donors (Lipinski definition) is 0. The number of benzene rings is 2. The maximum absolute atomic E-state index is 13.7. The summed E-state index contributed by atoms with van der Waals surface area (Å²) in [5.74, 6) is -2.81. The molecule has 9 heteroatoms. The second-order valence-corrected chi connectivity index (χ2v) is 8.07. The van der Waals surface area contributed by atoms with Gasteiger partial charge in [-0.25, -0.2) is 4.90 Å². The Hall–Kier alpha value is -4.01. The first-order valence-electron chi connectivity index (χ1n) is 10.1. The number of carbonyl (C=O) groups excluding carboxylic acids is 3. The number of ketones is 1. The number of imide groups is 1. The van der Waals surface area contributed by atoms with E-state index in [1.165, 1.54) is 26.2 Å². The van der Waals surface area contributed by atoms with E-state index in [4.69, 9.17) is 4.74 Å². The van der Waals surface area contributed by atoms with Crippen LogP contribution in [0.2, 0.25) is 0 Å². The molecule has 0 radical (unpaired) electrons. The molecule has 5 rings (SSSR count). The Morgan fingerprint density at radius 2 is 1.81 bits per heavy atom. The summed E-state index contributed by atoms with van der Waals surface area (Å²) in [7, 11) is 1.36. The second-order valence-electron chi connectivity index (χ2n) is 8.07. The quantitative estimate of drug-likeness (QED) is 0.414. The molecule has 2 aromatic rings. The fraction of sp³-hybridized carbons (Fsp3) is 0.261. The lowest BCUT2D eigenvalue weighted by Gasteiger charge is -2.35. The van der Waals surface area contributed by atoms with Crippen LogP contribution in [0.3, 0.4) is 0 Å². The van der Waals surface area contributed by atoms with Gasteiger partial charge in [0.15, 0.2) is 5.78 Å². The summed E-state index contributed by atoms with van der Waals surface area (Å²) in [4.78, 5) is 53.4. The van der Waals surface area contributed by atoms with Crippen LogP contribution < -0.4 is 9.64 Å². The summed E-state index contributed by atoms with van der Waals surface area (Å²) < 4.78 is 5.29. The van der Waals surface area contributed by atoms with E-state index in [-0.39, 0.29) is 22.9 Å². The molecule has 2 fully saturated rings. The van der Waals surface area contributed by atoms with E-state index in [1.54, 1.807) is 11.1 Å². The normalized spacial score (nSPS) is 25.4. The van der Waals surface area contributed by atoms with E-state index in [0.717, 1.165) is 22.1 Å². The molecule has 0 bridgehead atoms. The molecule has 2 amide bonds. The first-order valence-corrected chi connectivity index (χ1v) is 10.1. The van der Waals surface area contributed by atoms with E-state index in [0.29, 0.717) is 0 Å². The number of rotatable bonds is 4. The van der Waals surface area contributed by atoms with Crippen molar-refractivity contribution >= 4 is 35.0 Å². The fourth-order valence-corrected chi connectivity index (χ4v) is 5.23. The van der Waals surface area contributed by atoms with Crippen LogP contribution in [0.1, 0.15) is 24.1 Å². The van der Waals surface area contributed by atoms with Crippen LogP contribution >= 0.6 is 0 Å². The summed E-state index contributed by atoms with van der Waals surface area (Å²) in [5, 5.41) is 11.3. The fourth-order valence-electron chi connectivity index (χ4n) is 5.23. The van der Waals surface area contributed by atoms with Gasteiger partial charge >= 0.3 is 0 Å². The van der Waals surface area contributed by atoms with Gasteiger partial charge in [0, 0.05) is 18.3 Å². The molecular formula is C23H19N3O6. The van der Waals surface area contributed by atoms with Gasteiger partial charge in [0.25, 0.3) is 5.69 Å². The third kappa shape index (κ3) is 2.60. The van der Waals surface area contributed by atoms with Crippen molar-refractivity contribution in [3.63, 3.8) is 0 Å². The Bertz CT molecular complexity index is 1220. The number of fused-ring (bicyclic) bond motifs is 5. The molecular weight excluding hydrogens is 414 g/mol. The lowest BCUT2D eigenvalue weighted by atomic mass is 9.84. The van der Waals surface area contributed by atoms with Gasteiger partial charge in [0.2, 0.25) is 11.8 Å². The van der Waals surface area contributed by atoms with E-state index in [1.807, 2.05) is 30.3 Å². The van der Waals surface area contributed by atoms with Crippen molar-refractivity contribution < 1.29 is 24.0 Å². The van der Waals surface area contributed by atoms with E-state index < -0.39 is 40.7 Å². The SMILES string of the molecule is COc1ccc([N+](=O)[O-])cc1N1C(=O)[C@@H]2[C@H](C1=O)[C@H]1c3ccccc3C=CN1[C@H]2C(C)=O. The zero-order valence-electron chi connectivity index (χ0n) is 17.3. The largest absolute Gasteiger partial charge is 0.495 e. The van der Waals surface area contributed by atoms with Crippen molar-refractivity contribution in [3.8, 4) is 5.75 Å². The highest BCUT2D eigenvalue weighted by Crippen LogP contribution is 2.54. The standard InChI is InChI=1S/C23H19N3O6/c1-12(27)20-18-19(21-15-6-4-3-5-13(15)9-10-24(20)21)23(29)25(22(18)28)16-11-14(26(30)31)7-8-17(16)32-2/h3-11,18-21H,1-2H3/t18-,19+,20+,21-/m1/s1. The average molecular weight is 433 g/mol. The van der Waals surface area contributed by atoms with Crippen LogP contribution in [0.4, 0.5) is 11.4 Å². The van der Waals surface area contributed by atoms with Crippen molar-refractivity contribution in [1.29, 1.82) is 0 Å². The number of hydrogen-bond acceptors (Lipinski definition) is 7. The van der Waals surface area contributed by atoms with Gasteiger partial charge in [-0.15, -0.1) is 0 Å². The van der Waals surface area contributed by atoms with Gasteiger partial charge < -0.3 is 9.64 Å². The number of nitro groups is 1. The molecule has 0 N–H and O–H groups in total. The van der Waals surface area contributed by atoms with Gasteiger partial charge in [-0.3, -0.25) is 24.5 Å². The Kier molecular flexibility index (Phi) is 4.37. The van der Waals surface area contributed by atoms with Crippen molar-refractivity contribution in [1.82, 2.24) is 4.90 Å². The number of nitro benzene ring substituents is 1. The van der Waals surface area contributed by atoms with Crippen LogP contribution in [-0.4, -0.2) is 40.6 Å². The Labute approximate surface area is 183 Å². The molecule has 32 heavy (non-hydrogen) atoms. The third-order valence-electron chi connectivity index (χ3n) is 6.49. The molecule has 9 nitrogen and oxygen atoms in total. The predicted octanol–water partition coefficient (Wildman–Crippen LogP) is 2.71. The molecule has 3 heterocycles. The average Bonchev–Trinajstić information content (AvgIpc) is 3.26. The zero-order valence-corrected chi connectivity index (χ0v) is 17.3. The monoisotopic (exact) mass is 433 g/mol. The van der Waals surface area contributed by atoms with E-state index >= 15 is 0 Å². The summed E-state index contributed by atoms with van der Waals surface area (Å²) in [6, 6.07) is 10.0. The Morgan fingerprint density at radius 1 is 1.09 bits per heavy atom. The predicted molar refractivity (Wildman–Crippen MR) is 114 cm³/mol. The number of amides is 2. The number of nitrogens with zero attached hydrogens (tertiary/aromatic N) is 3. The van der Waals surface area contributed by atoms with Crippen LogP contribution in [0.5, 0.6) is 5.75 Å². The molecule has 2 saturated heterocycles. The molecule has 3 aliphatic rings. The molecule has 3 aliphatic heterocycles. The van der Waals surface area contributed by atoms with Crippen molar-refractivity contribution in [3.05, 3.63) is 69.9 Å². The number of ether oxygens (including phenoxy) is 1. The lowest BCUT2D eigenvalue weighted by Crippen LogP contribution is -2.43. The minimum Gasteiger partial charge on any atom is -0.495 e. The molecule has 0 aromatic heterocycles. The van der Waals surface area contributed by atoms with Crippen LogP contribution in [0.15, 0.2) is 48.7 Å². The van der Waals surface area contributed by atoms with Crippen molar-refractivity contribution in [2.75, 3.05) is 12.0 Å². The van der Waals surface area contributed by atoms with E-state index in [9.17, 15) is 24.5 Å². The minimum absolute atomic E-state index is 0.0135. The van der Waals surface area contributed by atoms with Gasteiger partial charge in [0.1, 0.15) is 11.4 Å². The third-order valence-corrected chi connectivity index (χ3v) is 6.49. The lowest BCUT2D eigenvalue weighted by molar-refractivity contribution is -0.384. The van der Waals surface area contributed by atoms with Gasteiger partial charge in [-0.05, 0) is 30.2 Å². The first-order chi connectivity index (χ1) is 15.3. The molecule has 0 saturated carbocycles. The highest BCUT2D eigenvalue weighted by Gasteiger charge is 2.64. The highest BCUT2D eigenvalue weighted by atomic mass is 16.6. The smallest absolute Gasteiger partial charge is 0.271 e. The number of non-ortho nitro benzene ring substituents is 1. The summed E-state index contributed by atoms with van der Waals surface area (Å²) in [5.41, 5.74) is 1.53.